The zero-order chi connectivity index (χ0) is 11.9. The van der Waals surface area contributed by atoms with Gasteiger partial charge in [-0.2, -0.15) is 0 Å². The van der Waals surface area contributed by atoms with Crippen molar-refractivity contribution in [3.8, 4) is 0 Å². The Hall–Kier alpha value is -0.980. The van der Waals surface area contributed by atoms with E-state index in [-0.39, 0.29) is 5.41 Å². The zero-order valence-electron chi connectivity index (χ0n) is 10.9. The molecule has 1 heterocycles. The quantitative estimate of drug-likeness (QED) is 0.727. The number of nitrogens with zero attached hydrogens (tertiary/aromatic N) is 1. The van der Waals surface area contributed by atoms with E-state index in [1.54, 1.807) is 0 Å². The highest BCUT2D eigenvalue weighted by atomic mass is 15.2. The van der Waals surface area contributed by atoms with Crippen LogP contribution in [0.25, 0.3) is 0 Å². The summed E-state index contributed by atoms with van der Waals surface area (Å²) in [6.45, 7) is 14.4. The van der Waals surface area contributed by atoms with Gasteiger partial charge in [0.2, 0.25) is 0 Å². The molecule has 0 fully saturated rings. The first kappa shape index (κ1) is 11.5. The van der Waals surface area contributed by atoms with E-state index in [1.165, 1.54) is 17.7 Å². The fraction of sp³-hybridized carbons (Fsp3) is 0.533. The number of benzene rings is 1. The molecule has 0 aliphatic carbocycles. The molecule has 1 unspecified atom stereocenters. The molecule has 0 saturated heterocycles. The fourth-order valence-corrected chi connectivity index (χ4v) is 2.59. The summed E-state index contributed by atoms with van der Waals surface area (Å²) in [5.41, 5.74) is 4.25. The van der Waals surface area contributed by atoms with E-state index in [0.29, 0.717) is 6.04 Å². The molecule has 1 aliphatic heterocycles. The van der Waals surface area contributed by atoms with Gasteiger partial charge in [0.05, 0.1) is 0 Å². The third-order valence-electron chi connectivity index (χ3n) is 3.79. The number of rotatable bonds is 2. The Morgan fingerprint density at radius 3 is 2.75 bits per heavy atom. The SMILES string of the molecule is [CH2]c1ccc2c(c1)C(C)(C)CN2C(C)CC. The molecule has 1 radical (unpaired) electrons. The maximum atomic E-state index is 4.04. The van der Waals surface area contributed by atoms with Gasteiger partial charge < -0.3 is 4.90 Å². The van der Waals surface area contributed by atoms with Crippen molar-refractivity contribution in [3.63, 3.8) is 0 Å². The summed E-state index contributed by atoms with van der Waals surface area (Å²) in [6, 6.07) is 7.22. The second-order valence-corrected chi connectivity index (χ2v) is 5.62. The van der Waals surface area contributed by atoms with E-state index in [2.05, 4.69) is 57.7 Å². The number of anilines is 1. The summed E-state index contributed by atoms with van der Waals surface area (Å²) in [4.78, 5) is 2.54. The molecule has 1 heteroatoms. The first-order valence-electron chi connectivity index (χ1n) is 6.19. The topological polar surface area (TPSA) is 3.24 Å². The average molecular weight is 216 g/mol. The van der Waals surface area contributed by atoms with Gasteiger partial charge in [-0.3, -0.25) is 0 Å². The van der Waals surface area contributed by atoms with E-state index in [1.807, 2.05) is 0 Å². The minimum absolute atomic E-state index is 0.256. The van der Waals surface area contributed by atoms with Crippen molar-refractivity contribution in [1.82, 2.24) is 0 Å². The lowest BCUT2D eigenvalue weighted by molar-refractivity contribution is 0.516. The van der Waals surface area contributed by atoms with Crippen LogP contribution >= 0.6 is 0 Å². The van der Waals surface area contributed by atoms with Crippen LogP contribution in [0.4, 0.5) is 5.69 Å². The van der Waals surface area contributed by atoms with Gasteiger partial charge >= 0.3 is 0 Å². The van der Waals surface area contributed by atoms with Gasteiger partial charge in [-0.15, -0.1) is 0 Å². The molecule has 0 bridgehead atoms. The number of hydrogen-bond acceptors (Lipinski definition) is 1. The monoisotopic (exact) mass is 216 g/mol. The van der Waals surface area contributed by atoms with Crippen molar-refractivity contribution in [2.75, 3.05) is 11.4 Å². The van der Waals surface area contributed by atoms with Crippen molar-refractivity contribution < 1.29 is 0 Å². The minimum Gasteiger partial charge on any atom is -0.368 e. The van der Waals surface area contributed by atoms with Crippen molar-refractivity contribution >= 4 is 5.69 Å². The summed E-state index contributed by atoms with van der Waals surface area (Å²) in [7, 11) is 0. The van der Waals surface area contributed by atoms with E-state index in [9.17, 15) is 0 Å². The second kappa shape index (κ2) is 3.80. The highest BCUT2D eigenvalue weighted by molar-refractivity contribution is 5.64. The Kier molecular flexibility index (Phi) is 2.73. The van der Waals surface area contributed by atoms with Crippen LogP contribution in [0.5, 0.6) is 0 Å². The Balaban J connectivity index is 2.47. The van der Waals surface area contributed by atoms with Gasteiger partial charge in [0.25, 0.3) is 0 Å². The highest BCUT2D eigenvalue weighted by Gasteiger charge is 2.36. The number of fused-ring (bicyclic) bond motifs is 1. The smallest absolute Gasteiger partial charge is 0.0407 e. The normalized spacial score (nSPS) is 19.7. The van der Waals surface area contributed by atoms with E-state index < -0.39 is 0 Å². The van der Waals surface area contributed by atoms with Gasteiger partial charge in [0, 0.05) is 23.7 Å². The number of hydrogen-bond donors (Lipinski definition) is 0. The van der Waals surface area contributed by atoms with Gasteiger partial charge in [0.1, 0.15) is 0 Å². The molecule has 0 spiro atoms. The lowest BCUT2D eigenvalue weighted by atomic mass is 9.86. The molecule has 1 aliphatic rings. The Morgan fingerprint density at radius 1 is 1.44 bits per heavy atom. The van der Waals surface area contributed by atoms with Crippen LogP contribution < -0.4 is 4.90 Å². The first-order valence-corrected chi connectivity index (χ1v) is 6.19. The van der Waals surface area contributed by atoms with Crippen molar-refractivity contribution in [3.05, 3.63) is 36.2 Å². The molecule has 16 heavy (non-hydrogen) atoms. The lowest BCUT2D eigenvalue weighted by Gasteiger charge is -2.28. The van der Waals surface area contributed by atoms with Crippen LogP contribution in [0.3, 0.4) is 0 Å². The Labute approximate surface area is 99.5 Å². The van der Waals surface area contributed by atoms with Gasteiger partial charge in [-0.05, 0) is 37.5 Å². The molecule has 0 amide bonds. The van der Waals surface area contributed by atoms with E-state index in [4.69, 9.17) is 0 Å². The summed E-state index contributed by atoms with van der Waals surface area (Å²) in [5, 5.41) is 0. The predicted molar refractivity (Wildman–Crippen MR) is 71.0 cm³/mol. The summed E-state index contributed by atoms with van der Waals surface area (Å²) in [5.74, 6) is 0. The van der Waals surface area contributed by atoms with Crippen molar-refractivity contribution in [2.45, 2.75) is 45.6 Å². The third kappa shape index (κ3) is 1.73. The maximum Gasteiger partial charge on any atom is 0.0407 e. The lowest BCUT2D eigenvalue weighted by Crippen LogP contribution is -2.35. The second-order valence-electron chi connectivity index (χ2n) is 5.62. The van der Waals surface area contributed by atoms with E-state index in [0.717, 1.165) is 12.1 Å². The van der Waals surface area contributed by atoms with Crippen molar-refractivity contribution in [2.24, 2.45) is 0 Å². The van der Waals surface area contributed by atoms with Crippen LogP contribution in [0.2, 0.25) is 0 Å². The average Bonchev–Trinajstić information content (AvgIpc) is 2.50. The molecule has 2 rings (SSSR count). The zero-order valence-corrected chi connectivity index (χ0v) is 10.9. The predicted octanol–water partition coefficient (Wildman–Crippen LogP) is 3.76. The summed E-state index contributed by atoms with van der Waals surface area (Å²) >= 11 is 0. The maximum absolute atomic E-state index is 4.04. The fourth-order valence-electron chi connectivity index (χ4n) is 2.59. The molecule has 87 valence electrons. The summed E-state index contributed by atoms with van der Waals surface area (Å²) in [6.07, 6.45) is 1.20. The molecule has 0 aromatic heterocycles. The Bertz CT molecular complexity index is 392. The molecule has 1 atom stereocenters. The minimum atomic E-state index is 0.256. The third-order valence-corrected chi connectivity index (χ3v) is 3.79. The van der Waals surface area contributed by atoms with Gasteiger partial charge in [-0.1, -0.05) is 32.9 Å². The standard InChI is InChI=1S/C15H22N/c1-6-12(3)16-10-15(4,5)13-9-11(2)7-8-14(13)16/h7-9,12H,2,6,10H2,1,3-5H3. The summed E-state index contributed by atoms with van der Waals surface area (Å²) < 4.78 is 0. The van der Waals surface area contributed by atoms with E-state index >= 15 is 0 Å². The van der Waals surface area contributed by atoms with Gasteiger partial charge in [0.15, 0.2) is 0 Å². The van der Waals surface area contributed by atoms with Crippen LogP contribution in [0.15, 0.2) is 18.2 Å². The largest absolute Gasteiger partial charge is 0.368 e. The molecule has 1 nitrogen and oxygen atoms in total. The molecule has 1 aromatic carbocycles. The Morgan fingerprint density at radius 2 is 2.12 bits per heavy atom. The highest BCUT2D eigenvalue weighted by Crippen LogP contribution is 2.42. The molecular formula is C15H22N. The molecule has 0 saturated carbocycles. The van der Waals surface area contributed by atoms with Crippen LogP contribution in [0.1, 0.15) is 45.2 Å². The van der Waals surface area contributed by atoms with Crippen LogP contribution in [-0.4, -0.2) is 12.6 Å². The van der Waals surface area contributed by atoms with Gasteiger partial charge in [-0.25, -0.2) is 0 Å². The van der Waals surface area contributed by atoms with Crippen LogP contribution in [-0.2, 0) is 5.41 Å². The molecule has 1 aromatic rings. The molecular weight excluding hydrogens is 194 g/mol. The molecule has 0 N–H and O–H groups in total. The van der Waals surface area contributed by atoms with Crippen molar-refractivity contribution in [1.29, 1.82) is 0 Å². The first-order chi connectivity index (χ1) is 7.45. The van der Waals surface area contributed by atoms with Crippen LogP contribution in [0, 0.1) is 6.92 Å².